The van der Waals surface area contributed by atoms with Gasteiger partial charge in [-0.15, -0.1) is 10.2 Å². The van der Waals surface area contributed by atoms with Crippen molar-refractivity contribution in [3.63, 3.8) is 0 Å². The van der Waals surface area contributed by atoms with E-state index in [2.05, 4.69) is 31.2 Å². The van der Waals surface area contributed by atoms with Crippen molar-refractivity contribution < 1.29 is 8.83 Å². The molecule has 0 spiro atoms. The number of para-hydroxylation sites is 4. The number of hydrogen-bond acceptors (Lipinski definition) is 8. The molecule has 1 aliphatic rings. The highest BCUT2D eigenvalue weighted by Gasteiger charge is 2.35. The number of anilines is 2. The molecule has 198 valence electrons. The fourth-order valence-corrected chi connectivity index (χ4v) is 4.98. The summed E-state index contributed by atoms with van der Waals surface area (Å²) < 4.78 is 12.5. The second kappa shape index (κ2) is 11.0. The summed E-state index contributed by atoms with van der Waals surface area (Å²) in [7, 11) is 0. The van der Waals surface area contributed by atoms with Gasteiger partial charge in [0.2, 0.25) is 0 Å². The number of fused-ring (bicyclic) bond motifs is 2. The highest BCUT2D eigenvalue weighted by Crippen LogP contribution is 2.36. The molecular weight excluding hydrogens is 488 g/mol. The van der Waals surface area contributed by atoms with E-state index in [1.807, 2.05) is 59.6 Å². The van der Waals surface area contributed by atoms with Gasteiger partial charge in [-0.1, -0.05) is 80.8 Å². The fraction of sp³-hybridized carbons (Fsp3) is 0.258. The normalized spacial score (nSPS) is 14.0. The zero-order valence-corrected chi connectivity index (χ0v) is 22.1. The number of amidine groups is 1. The lowest BCUT2D eigenvalue weighted by atomic mass is 9.99. The predicted molar refractivity (Wildman–Crippen MR) is 155 cm³/mol. The molecule has 0 radical (unpaired) electrons. The monoisotopic (exact) mass is 520 g/mol. The Hall–Kier alpha value is -4.59. The molecule has 0 unspecified atom stereocenters. The number of oxazole rings is 2. The van der Waals surface area contributed by atoms with Gasteiger partial charge in [0.15, 0.2) is 17.0 Å². The Labute approximate surface area is 227 Å². The lowest BCUT2D eigenvalue weighted by Gasteiger charge is -2.35. The number of aryl methyl sites for hydroxylation is 1. The van der Waals surface area contributed by atoms with Crippen molar-refractivity contribution in [2.45, 2.75) is 51.9 Å². The molecule has 39 heavy (non-hydrogen) atoms. The van der Waals surface area contributed by atoms with Crippen LogP contribution in [0, 0.1) is 0 Å². The minimum atomic E-state index is 0.295. The fourth-order valence-electron chi connectivity index (χ4n) is 4.98. The summed E-state index contributed by atoms with van der Waals surface area (Å²) in [5.41, 5.74) is 12.8. The third kappa shape index (κ3) is 5.10. The first-order chi connectivity index (χ1) is 19.2. The maximum atomic E-state index is 6.69. The van der Waals surface area contributed by atoms with E-state index in [4.69, 9.17) is 29.6 Å². The number of nitrogens with zero attached hydrogens (tertiary/aromatic N) is 5. The summed E-state index contributed by atoms with van der Waals surface area (Å²) in [5, 5.41) is 8.28. The van der Waals surface area contributed by atoms with Crippen LogP contribution in [-0.4, -0.2) is 15.8 Å². The zero-order chi connectivity index (χ0) is 26.6. The average molecular weight is 521 g/mol. The smallest absolute Gasteiger partial charge is 0.340 e. The van der Waals surface area contributed by atoms with Crippen LogP contribution in [0.3, 0.4) is 0 Å². The summed E-state index contributed by atoms with van der Waals surface area (Å²) in [4.78, 5) is 9.57. The van der Waals surface area contributed by atoms with Crippen LogP contribution in [0.15, 0.2) is 104 Å². The van der Waals surface area contributed by atoms with Gasteiger partial charge in [0, 0.05) is 5.57 Å². The number of nitrogens with two attached hydrogens (primary N) is 1. The van der Waals surface area contributed by atoms with Crippen LogP contribution in [0.2, 0.25) is 0 Å². The molecule has 0 bridgehead atoms. The molecule has 0 fully saturated rings. The minimum absolute atomic E-state index is 0.295. The van der Waals surface area contributed by atoms with E-state index in [0.29, 0.717) is 35.5 Å². The van der Waals surface area contributed by atoms with E-state index in [1.165, 1.54) is 18.4 Å². The van der Waals surface area contributed by atoms with Gasteiger partial charge in [-0.25, -0.2) is 0 Å². The van der Waals surface area contributed by atoms with Gasteiger partial charge in [-0.05, 0) is 55.5 Å². The van der Waals surface area contributed by atoms with E-state index < -0.39 is 0 Å². The van der Waals surface area contributed by atoms with Crippen molar-refractivity contribution in [1.82, 2.24) is 9.97 Å². The van der Waals surface area contributed by atoms with Crippen molar-refractivity contribution in [2.75, 3.05) is 10.1 Å². The Morgan fingerprint density at radius 3 is 2.03 bits per heavy atom. The van der Waals surface area contributed by atoms with Crippen LogP contribution in [0.1, 0.15) is 51.0 Å². The van der Waals surface area contributed by atoms with Gasteiger partial charge in [0.25, 0.3) is 0 Å². The molecule has 1 aliphatic heterocycles. The summed E-state index contributed by atoms with van der Waals surface area (Å²) in [6, 6.07) is 26.5. The number of hydrogen-bond donors (Lipinski definition) is 1. The van der Waals surface area contributed by atoms with E-state index in [0.717, 1.165) is 48.0 Å². The Morgan fingerprint density at radius 2 is 1.33 bits per heavy atom. The zero-order valence-electron chi connectivity index (χ0n) is 22.1. The second-order valence-corrected chi connectivity index (χ2v) is 9.74. The molecule has 0 atom stereocenters. The predicted octanol–water partition coefficient (Wildman–Crippen LogP) is 7.34. The Bertz CT molecular complexity index is 1570. The summed E-state index contributed by atoms with van der Waals surface area (Å²) in [6.07, 6.45) is 6.86. The van der Waals surface area contributed by atoms with Crippen molar-refractivity contribution >= 4 is 40.1 Å². The third-order valence-corrected chi connectivity index (χ3v) is 7.00. The highest BCUT2D eigenvalue weighted by atomic mass is 16.4. The first-order valence-corrected chi connectivity index (χ1v) is 13.6. The molecule has 0 saturated carbocycles. The lowest BCUT2D eigenvalue weighted by molar-refractivity contribution is 0.522. The maximum Gasteiger partial charge on any atom is 0.340 e. The Morgan fingerprint density at radius 1 is 0.692 bits per heavy atom. The lowest BCUT2D eigenvalue weighted by Crippen LogP contribution is -2.46. The number of benzene rings is 3. The molecule has 0 saturated heterocycles. The molecular formula is C31H32N6O2. The summed E-state index contributed by atoms with van der Waals surface area (Å²) >= 11 is 0. The maximum absolute atomic E-state index is 6.69. The van der Waals surface area contributed by atoms with E-state index in [9.17, 15) is 0 Å². The van der Waals surface area contributed by atoms with Gasteiger partial charge in [-0.3, -0.25) is 0 Å². The molecule has 5 aromatic rings. The molecule has 3 heterocycles. The topological polar surface area (TPSA) is 96.9 Å². The molecule has 6 rings (SSSR count). The van der Waals surface area contributed by atoms with Gasteiger partial charge in [-0.2, -0.15) is 15.0 Å². The highest BCUT2D eigenvalue weighted by molar-refractivity contribution is 6.00. The van der Waals surface area contributed by atoms with Crippen molar-refractivity contribution in [3.8, 4) is 0 Å². The molecule has 0 amide bonds. The molecule has 2 N–H and O–H groups in total. The van der Waals surface area contributed by atoms with Crippen LogP contribution in [0.5, 0.6) is 0 Å². The molecule has 3 aromatic carbocycles. The van der Waals surface area contributed by atoms with E-state index >= 15 is 0 Å². The summed E-state index contributed by atoms with van der Waals surface area (Å²) in [6.45, 7) is 2.22. The first-order valence-electron chi connectivity index (χ1n) is 13.6. The third-order valence-electron chi connectivity index (χ3n) is 7.00. The number of allylic oxidation sites excluding steroid dienone is 1. The van der Waals surface area contributed by atoms with Crippen LogP contribution in [0.25, 0.3) is 22.2 Å². The van der Waals surface area contributed by atoms with Crippen LogP contribution < -0.4 is 15.9 Å². The molecule has 2 aromatic heterocycles. The first kappa shape index (κ1) is 24.7. The molecule has 8 nitrogen and oxygen atoms in total. The molecule has 0 aliphatic carbocycles. The van der Waals surface area contributed by atoms with Crippen LogP contribution in [-0.2, 0) is 6.42 Å². The number of unbranched alkanes of at least 4 members (excludes halogenated alkanes) is 3. The van der Waals surface area contributed by atoms with Gasteiger partial charge >= 0.3 is 12.0 Å². The second-order valence-electron chi connectivity index (χ2n) is 9.74. The number of aromatic nitrogens is 2. The standard InChI is InChI=1S/C31H32N6O2/c1-2-3-4-8-15-23-26(21-20-22-13-6-5-7-14-22)36(30-33-24-16-9-11-18-27(24)38-30)37(35-29(23)32)31-34-25-17-10-12-19-28(25)39-31/h5-7,9-14,16-19H,2-4,8,15,20-21H2,1H3,(H2,32,35). The van der Waals surface area contributed by atoms with E-state index in [1.54, 1.807) is 5.12 Å². The number of hydrazone groups is 1. The SMILES string of the molecule is CCCCCCC1=C(CCc2ccccc2)N(c2nc3ccccc3o2)N(c2nc3ccccc3o2)N=C1N. The Balaban J connectivity index is 1.47. The summed E-state index contributed by atoms with van der Waals surface area (Å²) in [5.74, 6) is 0.462. The van der Waals surface area contributed by atoms with Crippen molar-refractivity contribution in [1.29, 1.82) is 0 Å². The van der Waals surface area contributed by atoms with E-state index in [-0.39, 0.29) is 0 Å². The number of rotatable bonds is 10. The van der Waals surface area contributed by atoms with Gasteiger partial charge in [0.1, 0.15) is 11.0 Å². The quantitative estimate of drug-likeness (QED) is 0.192. The van der Waals surface area contributed by atoms with Gasteiger partial charge < -0.3 is 14.6 Å². The van der Waals surface area contributed by atoms with Crippen LogP contribution in [0.4, 0.5) is 12.0 Å². The number of hydrazine groups is 1. The van der Waals surface area contributed by atoms with Crippen LogP contribution >= 0.6 is 0 Å². The van der Waals surface area contributed by atoms with Crippen molar-refractivity contribution in [3.05, 3.63) is 95.7 Å². The minimum Gasteiger partial charge on any atom is -0.422 e. The van der Waals surface area contributed by atoms with Crippen molar-refractivity contribution in [2.24, 2.45) is 10.8 Å². The largest absolute Gasteiger partial charge is 0.422 e. The molecule has 8 heteroatoms. The average Bonchev–Trinajstić information content (AvgIpc) is 3.59. The van der Waals surface area contributed by atoms with Gasteiger partial charge in [0.05, 0.1) is 5.70 Å². The Kier molecular flexibility index (Phi) is 6.99.